The predicted molar refractivity (Wildman–Crippen MR) is 67.3 cm³/mol. The van der Waals surface area contributed by atoms with Crippen LogP contribution in [0.4, 0.5) is 0 Å². The van der Waals surface area contributed by atoms with Gasteiger partial charge in [-0.1, -0.05) is 20.3 Å². The Balaban J connectivity index is 1.82. The first-order valence-corrected chi connectivity index (χ1v) is 7.24. The smallest absolute Gasteiger partial charge is 0.139 e. The van der Waals surface area contributed by atoms with Crippen molar-refractivity contribution >= 4 is 5.78 Å². The molecule has 0 aromatic carbocycles. The van der Waals surface area contributed by atoms with Gasteiger partial charge in [-0.05, 0) is 56.8 Å². The Bertz CT molecular complexity index is 238. The summed E-state index contributed by atoms with van der Waals surface area (Å²) in [5.41, 5.74) is 0. The number of Topliss-reactive ketones (excluding diaryl/α,β-unsaturated/α-hetero) is 1. The topological polar surface area (TPSA) is 17.1 Å². The SMILES string of the molecule is CCC1CCC(C(=O)C2CCC(C)C2)CC1. The molecule has 2 rings (SSSR count). The van der Waals surface area contributed by atoms with Crippen molar-refractivity contribution in [1.82, 2.24) is 0 Å². The van der Waals surface area contributed by atoms with Gasteiger partial charge in [-0.2, -0.15) is 0 Å². The van der Waals surface area contributed by atoms with Crippen LogP contribution in [0.3, 0.4) is 0 Å². The van der Waals surface area contributed by atoms with Gasteiger partial charge in [-0.25, -0.2) is 0 Å². The van der Waals surface area contributed by atoms with Gasteiger partial charge in [0.25, 0.3) is 0 Å². The maximum atomic E-state index is 12.3. The van der Waals surface area contributed by atoms with Crippen molar-refractivity contribution in [2.24, 2.45) is 23.7 Å². The number of hydrogen-bond donors (Lipinski definition) is 0. The third kappa shape index (κ3) is 2.67. The van der Waals surface area contributed by atoms with Gasteiger partial charge in [0.05, 0.1) is 0 Å². The van der Waals surface area contributed by atoms with E-state index >= 15 is 0 Å². The molecule has 2 atom stereocenters. The van der Waals surface area contributed by atoms with Crippen LogP contribution in [0.1, 0.15) is 65.2 Å². The van der Waals surface area contributed by atoms with Crippen LogP contribution in [0, 0.1) is 23.7 Å². The molecule has 0 spiro atoms. The zero-order valence-corrected chi connectivity index (χ0v) is 10.9. The van der Waals surface area contributed by atoms with Crippen molar-refractivity contribution in [3.8, 4) is 0 Å². The molecule has 2 aliphatic rings. The summed E-state index contributed by atoms with van der Waals surface area (Å²) in [6.07, 6.45) is 9.90. The molecule has 2 saturated carbocycles. The lowest BCUT2D eigenvalue weighted by molar-refractivity contribution is -0.128. The molecule has 1 nitrogen and oxygen atoms in total. The van der Waals surface area contributed by atoms with Gasteiger partial charge in [0, 0.05) is 11.8 Å². The summed E-state index contributed by atoms with van der Waals surface area (Å²) >= 11 is 0. The highest BCUT2D eigenvalue weighted by Crippen LogP contribution is 2.37. The zero-order valence-electron chi connectivity index (χ0n) is 10.9. The number of rotatable bonds is 3. The van der Waals surface area contributed by atoms with Crippen LogP contribution in [0.15, 0.2) is 0 Å². The summed E-state index contributed by atoms with van der Waals surface area (Å²) in [5, 5.41) is 0. The zero-order chi connectivity index (χ0) is 11.5. The van der Waals surface area contributed by atoms with Gasteiger partial charge in [-0.3, -0.25) is 4.79 Å². The molecule has 0 heterocycles. The summed E-state index contributed by atoms with van der Waals surface area (Å²) in [5.74, 6) is 3.18. The first-order valence-electron chi connectivity index (χ1n) is 7.24. The van der Waals surface area contributed by atoms with Gasteiger partial charge in [0.15, 0.2) is 0 Å². The first-order chi connectivity index (χ1) is 7.70. The van der Waals surface area contributed by atoms with Gasteiger partial charge < -0.3 is 0 Å². The fraction of sp³-hybridized carbons (Fsp3) is 0.933. The molecule has 0 aromatic heterocycles. The van der Waals surface area contributed by atoms with Gasteiger partial charge in [0.2, 0.25) is 0 Å². The maximum Gasteiger partial charge on any atom is 0.139 e. The van der Waals surface area contributed by atoms with Gasteiger partial charge in [0.1, 0.15) is 5.78 Å². The average molecular weight is 222 g/mol. The lowest BCUT2D eigenvalue weighted by Crippen LogP contribution is -2.26. The summed E-state index contributed by atoms with van der Waals surface area (Å²) in [6, 6.07) is 0. The minimum atomic E-state index is 0.429. The monoisotopic (exact) mass is 222 g/mol. The van der Waals surface area contributed by atoms with E-state index in [-0.39, 0.29) is 0 Å². The third-order valence-electron chi connectivity index (χ3n) is 4.92. The fourth-order valence-electron chi connectivity index (χ4n) is 3.65. The van der Waals surface area contributed by atoms with Crippen molar-refractivity contribution in [2.75, 3.05) is 0 Å². The summed E-state index contributed by atoms with van der Waals surface area (Å²) in [4.78, 5) is 12.3. The van der Waals surface area contributed by atoms with E-state index in [9.17, 15) is 4.79 Å². The van der Waals surface area contributed by atoms with E-state index in [1.165, 1.54) is 51.4 Å². The average Bonchev–Trinajstić information content (AvgIpc) is 2.75. The minimum Gasteiger partial charge on any atom is -0.299 e. The predicted octanol–water partition coefficient (Wildman–Crippen LogP) is 4.21. The minimum absolute atomic E-state index is 0.429. The van der Waals surface area contributed by atoms with E-state index in [0.717, 1.165) is 11.8 Å². The number of ketones is 1. The molecule has 2 aliphatic carbocycles. The summed E-state index contributed by atoms with van der Waals surface area (Å²) in [7, 11) is 0. The first kappa shape index (κ1) is 12.1. The molecule has 0 N–H and O–H groups in total. The van der Waals surface area contributed by atoms with Crippen molar-refractivity contribution in [3.05, 3.63) is 0 Å². The van der Waals surface area contributed by atoms with E-state index in [4.69, 9.17) is 0 Å². The molecule has 0 amide bonds. The second kappa shape index (κ2) is 5.33. The van der Waals surface area contributed by atoms with E-state index in [0.29, 0.717) is 17.6 Å². The van der Waals surface area contributed by atoms with Crippen molar-refractivity contribution in [3.63, 3.8) is 0 Å². The molecule has 0 aliphatic heterocycles. The van der Waals surface area contributed by atoms with Crippen molar-refractivity contribution < 1.29 is 4.79 Å². The molecule has 92 valence electrons. The lowest BCUT2D eigenvalue weighted by atomic mass is 9.76. The molecule has 0 aromatic rings. The van der Waals surface area contributed by atoms with Crippen molar-refractivity contribution in [1.29, 1.82) is 0 Å². The highest BCUT2D eigenvalue weighted by molar-refractivity contribution is 5.83. The molecule has 0 saturated heterocycles. The van der Waals surface area contributed by atoms with E-state index in [2.05, 4.69) is 13.8 Å². The Hall–Kier alpha value is -0.330. The number of carbonyl (C=O) groups is 1. The number of carbonyl (C=O) groups excluding carboxylic acids is 1. The molecule has 16 heavy (non-hydrogen) atoms. The van der Waals surface area contributed by atoms with Crippen LogP contribution in [0.25, 0.3) is 0 Å². The van der Waals surface area contributed by atoms with Crippen LogP contribution in [-0.2, 0) is 4.79 Å². The lowest BCUT2D eigenvalue weighted by Gasteiger charge is -2.28. The normalized spacial score (nSPS) is 39.9. The van der Waals surface area contributed by atoms with Gasteiger partial charge >= 0.3 is 0 Å². The maximum absolute atomic E-state index is 12.3. The highest BCUT2D eigenvalue weighted by atomic mass is 16.1. The summed E-state index contributed by atoms with van der Waals surface area (Å²) in [6.45, 7) is 4.58. The Labute approximate surface area is 100.0 Å². The number of hydrogen-bond acceptors (Lipinski definition) is 1. The Morgan fingerprint density at radius 1 is 1.00 bits per heavy atom. The van der Waals surface area contributed by atoms with Crippen LogP contribution >= 0.6 is 0 Å². The van der Waals surface area contributed by atoms with E-state index in [1.54, 1.807) is 0 Å². The second-order valence-corrected chi connectivity index (χ2v) is 6.14. The van der Waals surface area contributed by atoms with Crippen LogP contribution in [0.2, 0.25) is 0 Å². The Morgan fingerprint density at radius 2 is 1.62 bits per heavy atom. The second-order valence-electron chi connectivity index (χ2n) is 6.14. The fourth-order valence-corrected chi connectivity index (χ4v) is 3.65. The van der Waals surface area contributed by atoms with Gasteiger partial charge in [-0.15, -0.1) is 0 Å². The van der Waals surface area contributed by atoms with E-state index in [1.807, 2.05) is 0 Å². The molecule has 0 bridgehead atoms. The molecular formula is C15H26O. The third-order valence-corrected chi connectivity index (χ3v) is 4.92. The Kier molecular flexibility index (Phi) is 4.05. The molecule has 2 fully saturated rings. The van der Waals surface area contributed by atoms with Crippen LogP contribution < -0.4 is 0 Å². The standard InChI is InChI=1S/C15H26O/c1-3-12-5-8-13(9-6-12)15(16)14-7-4-11(2)10-14/h11-14H,3-10H2,1-2H3. The quantitative estimate of drug-likeness (QED) is 0.699. The van der Waals surface area contributed by atoms with Crippen molar-refractivity contribution in [2.45, 2.75) is 65.2 Å². The van der Waals surface area contributed by atoms with Crippen LogP contribution in [0.5, 0.6) is 0 Å². The van der Waals surface area contributed by atoms with Crippen LogP contribution in [-0.4, -0.2) is 5.78 Å². The molecule has 2 unspecified atom stereocenters. The summed E-state index contributed by atoms with van der Waals surface area (Å²) < 4.78 is 0. The Morgan fingerprint density at radius 3 is 2.12 bits per heavy atom. The largest absolute Gasteiger partial charge is 0.299 e. The highest BCUT2D eigenvalue weighted by Gasteiger charge is 2.33. The molecule has 0 radical (unpaired) electrons. The van der Waals surface area contributed by atoms with E-state index < -0.39 is 0 Å². The molecule has 1 heteroatoms. The molecular weight excluding hydrogens is 196 g/mol.